The van der Waals surface area contributed by atoms with Gasteiger partial charge >= 0.3 is 0 Å². The summed E-state index contributed by atoms with van der Waals surface area (Å²) < 4.78 is 0. The summed E-state index contributed by atoms with van der Waals surface area (Å²) in [5.74, 6) is 0.809. The highest BCUT2D eigenvalue weighted by molar-refractivity contribution is 5.41. The largest absolute Gasteiger partial charge is 0.380 e. The van der Waals surface area contributed by atoms with E-state index < -0.39 is 0 Å². The molecule has 0 aliphatic heterocycles. The van der Waals surface area contributed by atoms with Gasteiger partial charge in [0.15, 0.2) is 5.82 Å². The lowest BCUT2D eigenvalue weighted by Crippen LogP contribution is -2.05. The summed E-state index contributed by atoms with van der Waals surface area (Å²) in [6.45, 7) is 4.96. The number of nitrogens with zero attached hydrogens (tertiary/aromatic N) is 4. The van der Waals surface area contributed by atoms with E-state index >= 15 is 0 Å². The monoisotopic (exact) mass is 179 g/mol. The fourth-order valence-corrected chi connectivity index (χ4v) is 0.914. The van der Waals surface area contributed by atoms with E-state index in [0.717, 1.165) is 6.42 Å². The first kappa shape index (κ1) is 9.52. The van der Waals surface area contributed by atoms with Crippen LogP contribution in [0, 0.1) is 17.2 Å². The summed E-state index contributed by atoms with van der Waals surface area (Å²) in [5, 5.41) is 16.4. The quantitative estimate of drug-likeness (QED) is 0.743. The minimum absolute atomic E-state index is 0.212. The van der Waals surface area contributed by atoms with Gasteiger partial charge in [0.1, 0.15) is 6.07 Å². The number of aryl methyl sites for hydroxylation is 1. The van der Waals surface area contributed by atoms with Crippen LogP contribution in [-0.2, 0) is 6.54 Å². The van der Waals surface area contributed by atoms with Crippen LogP contribution in [-0.4, -0.2) is 15.0 Å². The van der Waals surface area contributed by atoms with Gasteiger partial charge < -0.3 is 5.73 Å². The zero-order valence-electron chi connectivity index (χ0n) is 7.86. The van der Waals surface area contributed by atoms with Crippen molar-refractivity contribution in [2.24, 2.45) is 5.92 Å². The molecule has 0 aliphatic carbocycles. The molecular formula is C8H13N5. The SMILES string of the molecule is CC(C)CCn1nc(N)c(C#N)n1. The number of nitriles is 1. The highest BCUT2D eigenvalue weighted by Gasteiger charge is 2.06. The Labute approximate surface area is 77.1 Å². The normalized spacial score (nSPS) is 10.3. The van der Waals surface area contributed by atoms with E-state index in [1.54, 1.807) is 0 Å². The van der Waals surface area contributed by atoms with Gasteiger partial charge in [0, 0.05) is 0 Å². The summed E-state index contributed by atoms with van der Waals surface area (Å²) in [6, 6.07) is 1.88. The molecule has 0 fully saturated rings. The van der Waals surface area contributed by atoms with Gasteiger partial charge in [-0.05, 0) is 12.3 Å². The lowest BCUT2D eigenvalue weighted by molar-refractivity contribution is 0.449. The molecule has 1 aromatic rings. The third-order valence-corrected chi connectivity index (χ3v) is 1.69. The summed E-state index contributed by atoms with van der Waals surface area (Å²) in [7, 11) is 0. The molecule has 0 atom stereocenters. The molecule has 0 aliphatic rings. The van der Waals surface area contributed by atoms with Crippen LogP contribution in [0.5, 0.6) is 0 Å². The molecule has 0 saturated carbocycles. The van der Waals surface area contributed by atoms with E-state index in [4.69, 9.17) is 11.0 Å². The van der Waals surface area contributed by atoms with Crippen molar-refractivity contribution in [1.82, 2.24) is 15.0 Å². The smallest absolute Gasteiger partial charge is 0.206 e. The average Bonchev–Trinajstić information content (AvgIpc) is 2.43. The standard InChI is InChI=1S/C8H13N5/c1-6(2)3-4-13-11-7(5-9)8(10)12-13/h6H,3-4H2,1-2H3,(H2,10,12). The molecule has 0 unspecified atom stereocenters. The lowest BCUT2D eigenvalue weighted by atomic mass is 10.1. The first-order valence-corrected chi connectivity index (χ1v) is 4.24. The maximum absolute atomic E-state index is 8.56. The molecule has 0 bridgehead atoms. The number of hydrogen-bond acceptors (Lipinski definition) is 4. The van der Waals surface area contributed by atoms with Crippen molar-refractivity contribution in [2.45, 2.75) is 26.8 Å². The third kappa shape index (κ3) is 2.44. The number of anilines is 1. The fraction of sp³-hybridized carbons (Fsp3) is 0.625. The second-order valence-corrected chi connectivity index (χ2v) is 3.32. The predicted molar refractivity (Wildman–Crippen MR) is 48.6 cm³/mol. The first-order chi connectivity index (χ1) is 6.13. The molecule has 0 radical (unpaired) electrons. The van der Waals surface area contributed by atoms with E-state index in [2.05, 4.69) is 24.0 Å². The minimum Gasteiger partial charge on any atom is -0.380 e. The number of nitrogen functional groups attached to an aromatic ring is 1. The van der Waals surface area contributed by atoms with Crippen molar-refractivity contribution in [2.75, 3.05) is 5.73 Å². The van der Waals surface area contributed by atoms with Crippen LogP contribution in [0.15, 0.2) is 0 Å². The van der Waals surface area contributed by atoms with Crippen LogP contribution < -0.4 is 5.73 Å². The van der Waals surface area contributed by atoms with E-state index in [0.29, 0.717) is 12.5 Å². The Morgan fingerprint density at radius 1 is 1.54 bits per heavy atom. The second kappa shape index (κ2) is 3.90. The van der Waals surface area contributed by atoms with Crippen LogP contribution in [0.2, 0.25) is 0 Å². The molecule has 2 N–H and O–H groups in total. The molecule has 1 rings (SSSR count). The van der Waals surface area contributed by atoms with Crippen molar-refractivity contribution in [3.63, 3.8) is 0 Å². The van der Waals surface area contributed by atoms with Crippen molar-refractivity contribution in [3.8, 4) is 6.07 Å². The summed E-state index contributed by atoms with van der Waals surface area (Å²) >= 11 is 0. The fourth-order valence-electron chi connectivity index (χ4n) is 0.914. The minimum atomic E-state index is 0.212. The Kier molecular flexibility index (Phi) is 2.85. The molecule has 0 saturated heterocycles. The zero-order chi connectivity index (χ0) is 9.84. The Bertz CT molecular complexity index is 320. The molecule has 1 aromatic heterocycles. The van der Waals surface area contributed by atoms with Gasteiger partial charge in [-0.15, -0.1) is 10.2 Å². The predicted octanol–water partition coefficient (Wildman–Crippen LogP) is 0.778. The van der Waals surface area contributed by atoms with Crippen LogP contribution >= 0.6 is 0 Å². The highest BCUT2D eigenvalue weighted by Crippen LogP contribution is 2.05. The Balaban J connectivity index is 2.64. The molecule has 13 heavy (non-hydrogen) atoms. The second-order valence-electron chi connectivity index (χ2n) is 3.32. The molecule has 5 nitrogen and oxygen atoms in total. The molecule has 1 heterocycles. The van der Waals surface area contributed by atoms with Gasteiger partial charge in [0.2, 0.25) is 5.69 Å². The number of rotatable bonds is 3. The summed E-state index contributed by atoms with van der Waals surface area (Å²) in [4.78, 5) is 1.48. The summed E-state index contributed by atoms with van der Waals surface area (Å²) in [6.07, 6.45) is 0.985. The number of aromatic nitrogens is 3. The Morgan fingerprint density at radius 3 is 2.69 bits per heavy atom. The Morgan fingerprint density at radius 2 is 2.23 bits per heavy atom. The van der Waals surface area contributed by atoms with E-state index in [1.165, 1.54) is 4.80 Å². The molecular weight excluding hydrogens is 166 g/mol. The van der Waals surface area contributed by atoms with Crippen LogP contribution in [0.25, 0.3) is 0 Å². The van der Waals surface area contributed by atoms with Gasteiger partial charge in [0.25, 0.3) is 0 Å². The van der Waals surface area contributed by atoms with Crippen LogP contribution in [0.4, 0.5) is 5.82 Å². The molecule has 5 heteroatoms. The van der Waals surface area contributed by atoms with Gasteiger partial charge in [0.05, 0.1) is 6.54 Å². The summed E-state index contributed by atoms with van der Waals surface area (Å²) in [5.41, 5.74) is 5.65. The van der Waals surface area contributed by atoms with Crippen molar-refractivity contribution in [3.05, 3.63) is 5.69 Å². The molecule has 0 aromatic carbocycles. The third-order valence-electron chi connectivity index (χ3n) is 1.69. The van der Waals surface area contributed by atoms with Gasteiger partial charge in [-0.2, -0.15) is 10.1 Å². The highest BCUT2D eigenvalue weighted by atomic mass is 15.5. The van der Waals surface area contributed by atoms with Crippen LogP contribution in [0.1, 0.15) is 26.0 Å². The van der Waals surface area contributed by atoms with Gasteiger partial charge in [-0.1, -0.05) is 13.8 Å². The maximum atomic E-state index is 8.56. The lowest BCUT2D eigenvalue weighted by Gasteiger charge is -2.01. The van der Waals surface area contributed by atoms with Gasteiger partial charge in [-0.25, -0.2) is 0 Å². The number of hydrogen-bond donors (Lipinski definition) is 1. The molecule has 0 amide bonds. The molecule has 0 spiro atoms. The van der Waals surface area contributed by atoms with Crippen molar-refractivity contribution < 1.29 is 0 Å². The van der Waals surface area contributed by atoms with E-state index in [1.807, 2.05) is 6.07 Å². The van der Waals surface area contributed by atoms with Crippen molar-refractivity contribution in [1.29, 1.82) is 5.26 Å². The number of nitrogens with two attached hydrogens (primary N) is 1. The van der Waals surface area contributed by atoms with Crippen molar-refractivity contribution >= 4 is 5.82 Å². The zero-order valence-corrected chi connectivity index (χ0v) is 7.86. The maximum Gasteiger partial charge on any atom is 0.206 e. The topological polar surface area (TPSA) is 80.5 Å². The first-order valence-electron chi connectivity index (χ1n) is 4.24. The van der Waals surface area contributed by atoms with E-state index in [9.17, 15) is 0 Å². The van der Waals surface area contributed by atoms with Gasteiger partial charge in [-0.3, -0.25) is 0 Å². The van der Waals surface area contributed by atoms with E-state index in [-0.39, 0.29) is 11.5 Å². The molecule has 70 valence electrons. The average molecular weight is 179 g/mol. The van der Waals surface area contributed by atoms with Crippen LogP contribution in [0.3, 0.4) is 0 Å². The Hall–Kier alpha value is -1.57.